The van der Waals surface area contributed by atoms with Gasteiger partial charge in [0.05, 0.1) is 18.3 Å². The third kappa shape index (κ3) is 4.89. The lowest BCUT2D eigenvalue weighted by Gasteiger charge is -2.09. The lowest BCUT2D eigenvalue weighted by atomic mass is 10.1. The molecule has 1 fully saturated rings. The number of carboxylic acids is 1. The van der Waals surface area contributed by atoms with Crippen LogP contribution in [0.25, 0.3) is 0 Å². The van der Waals surface area contributed by atoms with Crippen molar-refractivity contribution >= 4 is 24.0 Å². The van der Waals surface area contributed by atoms with E-state index >= 15 is 0 Å². The lowest BCUT2D eigenvalue weighted by molar-refractivity contribution is -0.255. The van der Waals surface area contributed by atoms with E-state index in [9.17, 15) is 19.5 Å². The first-order valence-electron chi connectivity index (χ1n) is 7.11. The van der Waals surface area contributed by atoms with Crippen LogP contribution in [0.2, 0.25) is 0 Å². The number of aromatic carboxylic acids is 1. The number of hydrogen-bond acceptors (Lipinski definition) is 6. The highest BCUT2D eigenvalue weighted by Gasteiger charge is 2.18. The van der Waals surface area contributed by atoms with Crippen LogP contribution >= 0.6 is 0 Å². The summed E-state index contributed by atoms with van der Waals surface area (Å²) in [5.41, 5.74) is 2.23. The molecule has 2 N–H and O–H groups in total. The minimum absolute atomic E-state index is 0.0617. The summed E-state index contributed by atoms with van der Waals surface area (Å²) in [6, 6.07) is 6.01. The number of nitrogens with zero attached hydrogens (tertiary/aromatic N) is 1. The van der Waals surface area contributed by atoms with Crippen LogP contribution in [0.5, 0.6) is 0 Å². The molecule has 8 nitrogen and oxygen atoms in total. The second kappa shape index (κ2) is 8.04. The molecule has 8 heteroatoms. The number of hydrogen-bond donors (Lipinski definition) is 2. The van der Waals surface area contributed by atoms with Crippen LogP contribution in [0.1, 0.15) is 28.8 Å². The number of carboxylic acid groups (broad SMARTS) is 1. The van der Waals surface area contributed by atoms with Crippen LogP contribution in [-0.4, -0.2) is 43.3 Å². The number of hydrazone groups is 1. The fourth-order valence-corrected chi connectivity index (χ4v) is 2.10. The highest BCUT2D eigenvalue weighted by molar-refractivity contribution is 6.35. The summed E-state index contributed by atoms with van der Waals surface area (Å²) < 4.78 is 5.32. The van der Waals surface area contributed by atoms with Crippen molar-refractivity contribution < 1.29 is 24.2 Å². The van der Waals surface area contributed by atoms with Gasteiger partial charge < -0.3 is 20.0 Å². The highest BCUT2D eigenvalue weighted by Crippen LogP contribution is 2.10. The molecule has 0 bridgehead atoms. The predicted octanol–water partition coefficient (Wildman–Crippen LogP) is -1.20. The third-order valence-electron chi connectivity index (χ3n) is 3.27. The van der Waals surface area contributed by atoms with Crippen molar-refractivity contribution in [1.29, 1.82) is 0 Å². The summed E-state index contributed by atoms with van der Waals surface area (Å²) in [5, 5.41) is 16.9. The maximum atomic E-state index is 11.6. The zero-order valence-electron chi connectivity index (χ0n) is 12.3. The smallest absolute Gasteiger partial charge is 0.329 e. The molecule has 0 spiro atoms. The molecule has 0 saturated carbocycles. The zero-order valence-corrected chi connectivity index (χ0v) is 12.3. The molecule has 1 aliphatic heterocycles. The Labute approximate surface area is 132 Å². The average molecular weight is 318 g/mol. The van der Waals surface area contributed by atoms with Gasteiger partial charge in [-0.15, -0.1) is 0 Å². The molecule has 0 aliphatic carbocycles. The topological polar surface area (TPSA) is 120 Å². The molecule has 1 atom stereocenters. The first-order chi connectivity index (χ1) is 11.1. The second-order valence-electron chi connectivity index (χ2n) is 4.92. The molecular weight excluding hydrogens is 302 g/mol. The largest absolute Gasteiger partial charge is 0.545 e. The molecule has 0 aromatic heterocycles. The summed E-state index contributed by atoms with van der Waals surface area (Å²) in [6.45, 7) is 0.929. The van der Waals surface area contributed by atoms with Gasteiger partial charge >= 0.3 is 11.8 Å². The molecule has 1 saturated heterocycles. The van der Waals surface area contributed by atoms with E-state index in [0.29, 0.717) is 6.61 Å². The van der Waals surface area contributed by atoms with Gasteiger partial charge in [0.25, 0.3) is 0 Å². The standard InChI is InChI=1S/C15H17N3O5/c19-13(16-9-11-5-3-7-23-11)14(20)18-17-8-10-4-1-2-6-12(10)15(21)22/h1-2,4,6,8,11H,3,5,7,9H2,(H,16,19)(H,18,20)(H,21,22)/p-1/b17-8-/t11-/m1/s1. The van der Waals surface area contributed by atoms with E-state index in [2.05, 4.69) is 10.4 Å². The van der Waals surface area contributed by atoms with Gasteiger partial charge in [-0.2, -0.15) is 5.10 Å². The van der Waals surface area contributed by atoms with Gasteiger partial charge in [0.15, 0.2) is 0 Å². The maximum Gasteiger partial charge on any atom is 0.329 e. The van der Waals surface area contributed by atoms with E-state index in [4.69, 9.17) is 4.74 Å². The normalized spacial score (nSPS) is 17.1. The Morgan fingerprint density at radius 3 is 2.78 bits per heavy atom. The van der Waals surface area contributed by atoms with E-state index < -0.39 is 17.8 Å². The van der Waals surface area contributed by atoms with E-state index in [1.807, 2.05) is 5.43 Å². The van der Waals surface area contributed by atoms with Gasteiger partial charge in [-0.25, -0.2) is 5.43 Å². The molecule has 1 aromatic rings. The summed E-state index contributed by atoms with van der Waals surface area (Å²) in [5.74, 6) is -3.12. The van der Waals surface area contributed by atoms with Crippen LogP contribution < -0.4 is 15.8 Å². The Morgan fingerprint density at radius 1 is 1.30 bits per heavy atom. The fraction of sp³-hybridized carbons (Fsp3) is 0.333. The second-order valence-corrected chi connectivity index (χ2v) is 4.92. The van der Waals surface area contributed by atoms with Crippen LogP contribution in [-0.2, 0) is 14.3 Å². The van der Waals surface area contributed by atoms with Crippen molar-refractivity contribution in [3.63, 3.8) is 0 Å². The fourth-order valence-electron chi connectivity index (χ4n) is 2.10. The zero-order chi connectivity index (χ0) is 16.7. The van der Waals surface area contributed by atoms with E-state index in [-0.39, 0.29) is 23.8 Å². The van der Waals surface area contributed by atoms with Crippen molar-refractivity contribution in [2.24, 2.45) is 5.10 Å². The molecule has 1 heterocycles. The van der Waals surface area contributed by atoms with Crippen LogP contribution in [0.3, 0.4) is 0 Å². The molecule has 2 rings (SSSR count). The van der Waals surface area contributed by atoms with Crippen LogP contribution in [0.4, 0.5) is 0 Å². The average Bonchev–Trinajstić information content (AvgIpc) is 3.06. The number of ether oxygens (including phenoxy) is 1. The number of amides is 2. The maximum absolute atomic E-state index is 11.6. The first-order valence-corrected chi connectivity index (χ1v) is 7.11. The van der Waals surface area contributed by atoms with E-state index in [0.717, 1.165) is 19.1 Å². The van der Waals surface area contributed by atoms with Crippen LogP contribution in [0.15, 0.2) is 29.4 Å². The number of carbonyl (C=O) groups excluding carboxylic acids is 3. The van der Waals surface area contributed by atoms with Gasteiger partial charge in [-0.1, -0.05) is 24.3 Å². The van der Waals surface area contributed by atoms with Gasteiger partial charge in [0.2, 0.25) is 0 Å². The minimum Gasteiger partial charge on any atom is -0.545 e. The van der Waals surface area contributed by atoms with Gasteiger partial charge in [-0.3, -0.25) is 9.59 Å². The minimum atomic E-state index is -1.35. The molecule has 0 radical (unpaired) electrons. The number of carbonyl (C=O) groups is 3. The van der Waals surface area contributed by atoms with Gasteiger partial charge in [0.1, 0.15) is 0 Å². The number of benzene rings is 1. The molecule has 23 heavy (non-hydrogen) atoms. The Hall–Kier alpha value is -2.74. The van der Waals surface area contributed by atoms with E-state index in [1.165, 1.54) is 12.1 Å². The molecule has 0 unspecified atom stereocenters. The molecule has 1 aliphatic rings. The summed E-state index contributed by atoms with van der Waals surface area (Å²) >= 11 is 0. The van der Waals surface area contributed by atoms with Crippen molar-refractivity contribution in [3.8, 4) is 0 Å². The highest BCUT2D eigenvalue weighted by atomic mass is 16.5. The van der Waals surface area contributed by atoms with Crippen molar-refractivity contribution in [3.05, 3.63) is 35.4 Å². The molecule has 1 aromatic carbocycles. The van der Waals surface area contributed by atoms with Crippen molar-refractivity contribution in [2.75, 3.05) is 13.2 Å². The SMILES string of the molecule is O=C(NC[C@H]1CCCO1)C(=O)N/N=C\c1ccccc1C(=O)[O-]. The number of nitrogens with one attached hydrogen (secondary N) is 2. The lowest BCUT2D eigenvalue weighted by Crippen LogP contribution is -2.41. The summed E-state index contributed by atoms with van der Waals surface area (Å²) in [6.07, 6.45) is 2.86. The monoisotopic (exact) mass is 318 g/mol. The Kier molecular flexibility index (Phi) is 5.81. The Bertz CT molecular complexity index is 623. The van der Waals surface area contributed by atoms with Gasteiger partial charge in [-0.05, 0) is 12.8 Å². The predicted molar refractivity (Wildman–Crippen MR) is 78.5 cm³/mol. The Balaban J connectivity index is 1.83. The van der Waals surface area contributed by atoms with Crippen molar-refractivity contribution in [1.82, 2.24) is 10.7 Å². The first kappa shape index (κ1) is 16.6. The number of rotatable bonds is 5. The molecular formula is C15H16N3O5-. The summed E-state index contributed by atoms with van der Waals surface area (Å²) in [7, 11) is 0. The van der Waals surface area contributed by atoms with Crippen LogP contribution in [0, 0.1) is 0 Å². The van der Waals surface area contributed by atoms with Crippen molar-refractivity contribution in [2.45, 2.75) is 18.9 Å². The summed E-state index contributed by atoms with van der Waals surface area (Å²) in [4.78, 5) is 34.0. The van der Waals surface area contributed by atoms with Gasteiger partial charge in [0, 0.05) is 24.3 Å². The Morgan fingerprint density at radius 2 is 2.09 bits per heavy atom. The molecule has 2 amide bonds. The van der Waals surface area contributed by atoms with E-state index in [1.54, 1.807) is 12.1 Å². The molecule has 122 valence electrons. The quantitative estimate of drug-likeness (QED) is 0.401. The third-order valence-corrected chi connectivity index (χ3v) is 3.27.